The fourth-order valence-electron chi connectivity index (χ4n) is 2.52. The van der Waals surface area contributed by atoms with E-state index in [-0.39, 0.29) is 12.5 Å². The molecule has 0 saturated carbocycles. The highest BCUT2D eigenvalue weighted by Gasteiger charge is 2.23. The summed E-state index contributed by atoms with van der Waals surface area (Å²) in [6.45, 7) is 6.09. The van der Waals surface area contributed by atoms with Crippen LogP contribution in [0.5, 0.6) is 5.75 Å². The van der Waals surface area contributed by atoms with Crippen LogP contribution in [-0.2, 0) is 4.79 Å². The molecular formula is C16H24N2O2. The second-order valence-electron chi connectivity index (χ2n) is 5.58. The molecule has 4 nitrogen and oxygen atoms in total. The third-order valence-electron chi connectivity index (χ3n) is 3.52. The van der Waals surface area contributed by atoms with E-state index in [0.717, 1.165) is 31.7 Å². The minimum atomic E-state index is 0.0804. The number of hydrogen-bond acceptors (Lipinski definition) is 3. The fraction of sp³-hybridized carbons (Fsp3) is 0.562. The number of hydrogen-bond donors (Lipinski definition) is 1. The van der Waals surface area contributed by atoms with Crippen molar-refractivity contribution in [2.24, 2.45) is 0 Å². The van der Waals surface area contributed by atoms with E-state index in [1.165, 1.54) is 0 Å². The molecule has 20 heavy (non-hydrogen) atoms. The molecule has 1 saturated heterocycles. The summed E-state index contributed by atoms with van der Waals surface area (Å²) in [7, 11) is 0. The Morgan fingerprint density at radius 2 is 1.95 bits per heavy atom. The van der Waals surface area contributed by atoms with Gasteiger partial charge in [-0.25, -0.2) is 0 Å². The van der Waals surface area contributed by atoms with Crippen molar-refractivity contribution >= 4 is 5.91 Å². The monoisotopic (exact) mass is 276 g/mol. The van der Waals surface area contributed by atoms with Crippen molar-refractivity contribution in [1.29, 1.82) is 0 Å². The van der Waals surface area contributed by atoms with Gasteiger partial charge >= 0.3 is 0 Å². The van der Waals surface area contributed by atoms with Crippen LogP contribution in [0.15, 0.2) is 30.3 Å². The van der Waals surface area contributed by atoms with Gasteiger partial charge in [-0.3, -0.25) is 4.79 Å². The number of benzene rings is 1. The van der Waals surface area contributed by atoms with Gasteiger partial charge in [-0.2, -0.15) is 0 Å². The Bertz CT molecular complexity index is 412. The van der Waals surface area contributed by atoms with Crippen LogP contribution >= 0.6 is 0 Å². The Balaban J connectivity index is 1.72. The molecular weight excluding hydrogens is 252 g/mol. The molecule has 1 fully saturated rings. The van der Waals surface area contributed by atoms with Crippen molar-refractivity contribution in [2.45, 2.75) is 38.8 Å². The van der Waals surface area contributed by atoms with E-state index in [9.17, 15) is 4.79 Å². The Labute approximate surface area is 121 Å². The van der Waals surface area contributed by atoms with Crippen molar-refractivity contribution in [3.05, 3.63) is 30.3 Å². The summed E-state index contributed by atoms with van der Waals surface area (Å²) in [4.78, 5) is 14.0. The average molecular weight is 276 g/mol. The van der Waals surface area contributed by atoms with Crippen LogP contribution in [0.4, 0.5) is 0 Å². The number of amides is 1. The molecule has 0 unspecified atom stereocenters. The van der Waals surface area contributed by atoms with Crippen LogP contribution in [0.3, 0.4) is 0 Å². The van der Waals surface area contributed by atoms with Gasteiger partial charge < -0.3 is 15.0 Å². The molecule has 1 aliphatic heterocycles. The van der Waals surface area contributed by atoms with Crippen LogP contribution in [0.25, 0.3) is 0 Å². The van der Waals surface area contributed by atoms with Crippen LogP contribution in [-0.4, -0.2) is 42.6 Å². The van der Waals surface area contributed by atoms with Crippen LogP contribution in [0, 0.1) is 0 Å². The van der Waals surface area contributed by atoms with E-state index >= 15 is 0 Å². The van der Waals surface area contributed by atoms with E-state index in [1.807, 2.05) is 35.2 Å². The molecule has 1 aliphatic rings. The third-order valence-corrected chi connectivity index (χ3v) is 3.52. The summed E-state index contributed by atoms with van der Waals surface area (Å²) in [6, 6.07) is 10.5. The largest absolute Gasteiger partial charge is 0.484 e. The number of piperidine rings is 1. The van der Waals surface area contributed by atoms with Crippen LogP contribution in [0.1, 0.15) is 26.7 Å². The molecule has 1 aromatic rings. The number of para-hydroxylation sites is 1. The standard InChI is InChI=1S/C16H24N2O2/c1-13(2)17-14-8-10-18(11-9-14)16(19)12-20-15-6-4-3-5-7-15/h3-7,13-14,17H,8-12H2,1-2H3. The summed E-state index contributed by atoms with van der Waals surface area (Å²) in [5.74, 6) is 0.828. The maximum atomic E-state index is 12.1. The predicted molar refractivity (Wildman–Crippen MR) is 79.8 cm³/mol. The van der Waals surface area contributed by atoms with Gasteiger partial charge in [0.1, 0.15) is 5.75 Å². The molecule has 110 valence electrons. The van der Waals surface area contributed by atoms with Gasteiger partial charge in [0, 0.05) is 25.2 Å². The van der Waals surface area contributed by atoms with Gasteiger partial charge in [-0.05, 0) is 25.0 Å². The van der Waals surface area contributed by atoms with E-state index in [2.05, 4.69) is 19.2 Å². The van der Waals surface area contributed by atoms with Gasteiger partial charge in [0.25, 0.3) is 5.91 Å². The second kappa shape index (κ2) is 7.29. The van der Waals surface area contributed by atoms with Crippen molar-refractivity contribution < 1.29 is 9.53 Å². The maximum Gasteiger partial charge on any atom is 0.260 e. The Morgan fingerprint density at radius 1 is 1.30 bits per heavy atom. The summed E-state index contributed by atoms with van der Waals surface area (Å²) in [5, 5.41) is 3.53. The van der Waals surface area contributed by atoms with E-state index < -0.39 is 0 Å². The normalized spacial score (nSPS) is 16.4. The van der Waals surface area contributed by atoms with Gasteiger partial charge in [-0.1, -0.05) is 32.0 Å². The zero-order valence-electron chi connectivity index (χ0n) is 12.3. The molecule has 0 atom stereocenters. The number of ether oxygens (including phenoxy) is 1. The molecule has 0 spiro atoms. The van der Waals surface area contributed by atoms with E-state index in [1.54, 1.807) is 0 Å². The van der Waals surface area contributed by atoms with Gasteiger partial charge in [0.05, 0.1) is 0 Å². The first kappa shape index (κ1) is 14.9. The minimum Gasteiger partial charge on any atom is -0.484 e. The summed E-state index contributed by atoms with van der Waals surface area (Å²) in [6.07, 6.45) is 2.05. The first-order valence-corrected chi connectivity index (χ1v) is 7.37. The van der Waals surface area contributed by atoms with Gasteiger partial charge in [-0.15, -0.1) is 0 Å². The quantitative estimate of drug-likeness (QED) is 0.895. The Morgan fingerprint density at radius 3 is 2.55 bits per heavy atom. The Kier molecular flexibility index (Phi) is 5.41. The minimum absolute atomic E-state index is 0.0804. The molecule has 1 heterocycles. The summed E-state index contributed by atoms with van der Waals surface area (Å²) < 4.78 is 5.51. The zero-order chi connectivity index (χ0) is 14.4. The SMILES string of the molecule is CC(C)NC1CCN(C(=O)COc2ccccc2)CC1. The number of carbonyl (C=O) groups excluding carboxylic acids is 1. The lowest BCUT2D eigenvalue weighted by Gasteiger charge is -2.33. The lowest BCUT2D eigenvalue weighted by molar-refractivity contribution is -0.134. The number of nitrogens with zero attached hydrogens (tertiary/aromatic N) is 1. The first-order chi connectivity index (χ1) is 9.65. The maximum absolute atomic E-state index is 12.1. The molecule has 1 aromatic carbocycles. The average Bonchev–Trinajstić information content (AvgIpc) is 2.46. The molecule has 2 rings (SSSR count). The molecule has 0 aromatic heterocycles. The second-order valence-corrected chi connectivity index (χ2v) is 5.58. The number of likely N-dealkylation sites (tertiary alicyclic amines) is 1. The molecule has 0 aliphatic carbocycles. The van der Waals surface area contributed by atoms with Gasteiger partial charge in [0.2, 0.25) is 0 Å². The van der Waals surface area contributed by atoms with Gasteiger partial charge in [0.15, 0.2) is 6.61 Å². The van der Waals surface area contributed by atoms with Crippen molar-refractivity contribution in [3.63, 3.8) is 0 Å². The van der Waals surface area contributed by atoms with Crippen LogP contribution in [0.2, 0.25) is 0 Å². The molecule has 0 radical (unpaired) electrons. The van der Waals surface area contributed by atoms with E-state index in [0.29, 0.717) is 12.1 Å². The topological polar surface area (TPSA) is 41.6 Å². The summed E-state index contributed by atoms with van der Waals surface area (Å²) in [5.41, 5.74) is 0. The molecule has 0 bridgehead atoms. The zero-order valence-corrected chi connectivity index (χ0v) is 12.3. The molecule has 1 N–H and O–H groups in total. The number of nitrogens with one attached hydrogen (secondary N) is 1. The van der Waals surface area contributed by atoms with Crippen molar-refractivity contribution in [1.82, 2.24) is 10.2 Å². The lowest BCUT2D eigenvalue weighted by Crippen LogP contribution is -2.47. The first-order valence-electron chi connectivity index (χ1n) is 7.37. The van der Waals surface area contributed by atoms with E-state index in [4.69, 9.17) is 4.74 Å². The molecule has 1 amide bonds. The number of rotatable bonds is 5. The summed E-state index contributed by atoms with van der Waals surface area (Å²) >= 11 is 0. The fourth-order valence-corrected chi connectivity index (χ4v) is 2.52. The van der Waals surface area contributed by atoms with Crippen molar-refractivity contribution in [2.75, 3.05) is 19.7 Å². The predicted octanol–water partition coefficient (Wildman–Crippen LogP) is 2.05. The Hall–Kier alpha value is -1.55. The lowest BCUT2D eigenvalue weighted by atomic mass is 10.0. The third kappa shape index (κ3) is 4.53. The smallest absolute Gasteiger partial charge is 0.260 e. The highest BCUT2D eigenvalue weighted by atomic mass is 16.5. The molecule has 4 heteroatoms. The van der Waals surface area contributed by atoms with Crippen molar-refractivity contribution in [3.8, 4) is 5.75 Å². The number of carbonyl (C=O) groups is 1. The van der Waals surface area contributed by atoms with Crippen LogP contribution < -0.4 is 10.1 Å². The highest BCUT2D eigenvalue weighted by molar-refractivity contribution is 5.77. The highest BCUT2D eigenvalue weighted by Crippen LogP contribution is 2.12.